The standard InChI is InChI=1S/C6H5AsNO3/c9-7-5-1-3-6(4-2-5)8(10)11/h1-4,7H. The Morgan fingerprint density at radius 1 is 1.27 bits per heavy atom. The van der Waals surface area contributed by atoms with Crippen LogP contribution in [0.1, 0.15) is 0 Å². The van der Waals surface area contributed by atoms with Crippen LogP contribution in [0.2, 0.25) is 0 Å². The summed E-state index contributed by atoms with van der Waals surface area (Å²) in [5.41, 5.74) is 0.0359. The van der Waals surface area contributed by atoms with Crippen molar-refractivity contribution >= 4 is 25.7 Å². The van der Waals surface area contributed by atoms with Crippen LogP contribution < -0.4 is 4.35 Å². The molecule has 1 aromatic carbocycles. The third-order valence-corrected chi connectivity index (χ3v) is 2.39. The van der Waals surface area contributed by atoms with Gasteiger partial charge in [0.1, 0.15) is 0 Å². The number of nitrogens with zero attached hydrogens (tertiary/aromatic N) is 1. The molecular formula is C6H5AsNO3. The van der Waals surface area contributed by atoms with Gasteiger partial charge in [-0.3, -0.25) is 0 Å². The molecule has 1 unspecified atom stereocenters. The molecule has 0 bridgehead atoms. The van der Waals surface area contributed by atoms with Crippen LogP contribution in [0.15, 0.2) is 24.3 Å². The first-order valence-electron chi connectivity index (χ1n) is 2.86. The monoisotopic (exact) mass is 214 g/mol. The van der Waals surface area contributed by atoms with E-state index in [1.165, 1.54) is 24.3 Å². The summed E-state index contributed by atoms with van der Waals surface area (Å²) >= 11 is -1.31. The fraction of sp³-hybridized carbons (Fsp3) is 0. The van der Waals surface area contributed by atoms with Gasteiger partial charge in [-0.05, 0) is 0 Å². The quantitative estimate of drug-likeness (QED) is 0.395. The van der Waals surface area contributed by atoms with Crippen molar-refractivity contribution in [2.45, 2.75) is 0 Å². The zero-order valence-electron chi connectivity index (χ0n) is 5.48. The molecule has 4 nitrogen and oxygen atoms in total. The van der Waals surface area contributed by atoms with E-state index >= 15 is 0 Å². The Kier molecular flexibility index (Phi) is 2.49. The molecule has 0 heterocycles. The molecule has 1 radical (unpaired) electrons. The number of nitro groups is 1. The minimum absolute atomic E-state index is 0.0359. The molecule has 1 atom stereocenters. The zero-order chi connectivity index (χ0) is 8.27. The van der Waals surface area contributed by atoms with Gasteiger partial charge in [0.25, 0.3) is 0 Å². The second-order valence-electron chi connectivity index (χ2n) is 1.91. The Balaban J connectivity index is 3.00. The average molecular weight is 214 g/mol. The molecule has 0 amide bonds. The van der Waals surface area contributed by atoms with E-state index in [4.69, 9.17) is 0 Å². The second-order valence-corrected chi connectivity index (χ2v) is 3.55. The Bertz CT molecular complexity index is 282. The van der Waals surface area contributed by atoms with E-state index in [0.29, 0.717) is 4.35 Å². The normalized spacial score (nSPS) is 9.82. The van der Waals surface area contributed by atoms with Gasteiger partial charge in [0.2, 0.25) is 0 Å². The van der Waals surface area contributed by atoms with Gasteiger partial charge in [-0.25, -0.2) is 0 Å². The number of hydrogen-bond donors (Lipinski definition) is 0. The average Bonchev–Trinajstić information content (AvgIpc) is 2.05. The van der Waals surface area contributed by atoms with Crippen molar-refractivity contribution in [3.05, 3.63) is 34.4 Å². The van der Waals surface area contributed by atoms with E-state index in [1.54, 1.807) is 0 Å². The van der Waals surface area contributed by atoms with Gasteiger partial charge in [-0.2, -0.15) is 0 Å². The fourth-order valence-corrected chi connectivity index (χ4v) is 1.29. The predicted molar refractivity (Wildman–Crippen MR) is 40.6 cm³/mol. The molecule has 1 aromatic rings. The maximum atomic E-state index is 10.4. The molecule has 5 heteroatoms. The molecule has 57 valence electrons. The third kappa shape index (κ3) is 1.95. The van der Waals surface area contributed by atoms with Crippen molar-refractivity contribution in [3.8, 4) is 0 Å². The van der Waals surface area contributed by atoms with Crippen LogP contribution >= 0.6 is 0 Å². The van der Waals surface area contributed by atoms with Crippen molar-refractivity contribution < 1.29 is 8.66 Å². The summed E-state index contributed by atoms with van der Waals surface area (Å²) in [7, 11) is 0. The molecule has 0 spiro atoms. The summed E-state index contributed by atoms with van der Waals surface area (Å²) in [6.07, 6.45) is 0. The number of non-ortho nitro benzene ring substituents is 1. The summed E-state index contributed by atoms with van der Waals surface area (Å²) in [6.45, 7) is 0. The predicted octanol–water partition coefficient (Wildman–Crippen LogP) is 0.00210. The molecule has 0 aromatic heterocycles. The van der Waals surface area contributed by atoms with Crippen LogP contribution in [-0.2, 0) is 3.74 Å². The van der Waals surface area contributed by atoms with Gasteiger partial charge in [0.15, 0.2) is 0 Å². The number of benzene rings is 1. The van der Waals surface area contributed by atoms with Crippen LogP contribution in [0.5, 0.6) is 0 Å². The molecule has 0 aliphatic carbocycles. The summed E-state index contributed by atoms with van der Waals surface area (Å²) in [6, 6.07) is 5.75. The number of rotatable bonds is 2. The van der Waals surface area contributed by atoms with Gasteiger partial charge < -0.3 is 0 Å². The van der Waals surface area contributed by atoms with E-state index in [2.05, 4.69) is 0 Å². The Morgan fingerprint density at radius 3 is 2.18 bits per heavy atom. The van der Waals surface area contributed by atoms with E-state index in [0.717, 1.165) is 0 Å². The minimum atomic E-state index is -1.31. The third-order valence-electron chi connectivity index (χ3n) is 1.20. The molecule has 0 saturated heterocycles. The Morgan fingerprint density at radius 2 is 1.82 bits per heavy atom. The second kappa shape index (κ2) is 3.39. The summed E-state index contributed by atoms with van der Waals surface area (Å²) in [5, 5.41) is 10.1. The van der Waals surface area contributed by atoms with Crippen LogP contribution in [0.3, 0.4) is 0 Å². The van der Waals surface area contributed by atoms with Crippen LogP contribution in [0.4, 0.5) is 5.69 Å². The van der Waals surface area contributed by atoms with Gasteiger partial charge in [-0.15, -0.1) is 0 Å². The van der Waals surface area contributed by atoms with Crippen molar-refractivity contribution in [1.82, 2.24) is 0 Å². The van der Waals surface area contributed by atoms with Gasteiger partial charge in [0.05, 0.1) is 0 Å². The van der Waals surface area contributed by atoms with Crippen molar-refractivity contribution in [1.29, 1.82) is 0 Å². The molecule has 0 aliphatic rings. The van der Waals surface area contributed by atoms with E-state index < -0.39 is 20.6 Å². The zero-order valence-corrected chi connectivity index (χ0v) is 7.58. The van der Waals surface area contributed by atoms with Crippen molar-refractivity contribution in [2.24, 2.45) is 0 Å². The Hall–Kier alpha value is -1.02. The Labute approximate surface area is 69.3 Å². The molecule has 0 aliphatic heterocycles. The maximum absolute atomic E-state index is 10.4. The van der Waals surface area contributed by atoms with Gasteiger partial charge in [-0.1, -0.05) is 0 Å². The topological polar surface area (TPSA) is 60.2 Å². The molecule has 1 rings (SSSR count). The van der Waals surface area contributed by atoms with E-state index in [-0.39, 0.29) is 5.69 Å². The van der Waals surface area contributed by atoms with Crippen LogP contribution in [0, 0.1) is 10.1 Å². The van der Waals surface area contributed by atoms with Gasteiger partial charge in [0, 0.05) is 0 Å². The molecule has 0 N–H and O–H groups in total. The summed E-state index contributed by atoms with van der Waals surface area (Å²) in [5.74, 6) is 0. The molecule has 0 saturated carbocycles. The van der Waals surface area contributed by atoms with Gasteiger partial charge >= 0.3 is 68.8 Å². The summed E-state index contributed by atoms with van der Waals surface area (Å²) in [4.78, 5) is 9.66. The number of nitro benzene ring substituents is 1. The van der Waals surface area contributed by atoms with Crippen molar-refractivity contribution in [3.63, 3.8) is 0 Å². The summed E-state index contributed by atoms with van der Waals surface area (Å²) < 4.78 is 11.1. The fourth-order valence-electron chi connectivity index (χ4n) is 0.651. The number of hydrogen-bond acceptors (Lipinski definition) is 3. The first-order valence-corrected chi connectivity index (χ1v) is 4.77. The van der Waals surface area contributed by atoms with Crippen LogP contribution in [0.25, 0.3) is 0 Å². The molecule has 11 heavy (non-hydrogen) atoms. The molecular weight excluding hydrogens is 209 g/mol. The van der Waals surface area contributed by atoms with E-state index in [1.807, 2.05) is 0 Å². The molecule has 0 fully saturated rings. The first-order chi connectivity index (χ1) is 5.24. The van der Waals surface area contributed by atoms with E-state index in [9.17, 15) is 13.9 Å². The SMILES string of the molecule is O=[AsH]c1ccc([N+](=O)[O-])cc1. The van der Waals surface area contributed by atoms with Crippen LogP contribution in [-0.4, -0.2) is 20.6 Å². The van der Waals surface area contributed by atoms with Crippen molar-refractivity contribution in [2.75, 3.05) is 0 Å². The first kappa shape index (κ1) is 8.08.